The van der Waals surface area contributed by atoms with E-state index in [9.17, 15) is 23.5 Å². The average Bonchev–Trinajstić information content (AvgIpc) is 2.90. The van der Waals surface area contributed by atoms with Crippen molar-refractivity contribution in [1.29, 1.82) is 0 Å². The molecule has 0 spiro atoms. The third-order valence-electron chi connectivity index (χ3n) is 6.21. The molecule has 0 fully saturated rings. The first-order valence-corrected chi connectivity index (χ1v) is 13.1. The number of carbonyl (C=O) groups is 1. The first kappa shape index (κ1) is 31.8. The summed E-state index contributed by atoms with van der Waals surface area (Å²) in [5.74, 6) is -1.78. The van der Waals surface area contributed by atoms with Crippen LogP contribution in [-0.4, -0.2) is 39.1 Å². The van der Waals surface area contributed by atoms with Gasteiger partial charge in [-0.2, -0.15) is 0 Å². The number of ether oxygens (including phenoxy) is 2. The van der Waals surface area contributed by atoms with Crippen LogP contribution in [0.1, 0.15) is 49.6 Å². The molecule has 8 nitrogen and oxygen atoms in total. The van der Waals surface area contributed by atoms with Gasteiger partial charge in [-0.05, 0) is 74.6 Å². The fourth-order valence-electron chi connectivity index (χ4n) is 3.98. The van der Waals surface area contributed by atoms with Crippen LogP contribution < -0.4 is 5.56 Å². The number of Topliss-reactive ketones (excluding diaryl/α,β-unsaturated/α-hetero) is 1. The molecule has 0 bridgehead atoms. The number of hydrogen-bond donors (Lipinski definition) is 1. The Morgan fingerprint density at radius 3 is 2.59 bits per heavy atom. The number of ketones is 1. The standard InChI is InChI=1S/C30H32ClF2N3O5/c1-18-14-35-27(36-10-6-7-23(29(36)38)30(3,4)39)12-21(18)9-8-20(16-40-5)11-26(28(31)19(2)37)41-17-25-24(33)13-22(32)15-34-25/h6-7,10-15,39H,8-9,16-17H2,1-5H3/b20-11+,28-26-. The van der Waals surface area contributed by atoms with E-state index in [0.29, 0.717) is 30.3 Å². The van der Waals surface area contributed by atoms with Gasteiger partial charge in [0.15, 0.2) is 11.6 Å². The number of methoxy groups -OCH3 is 1. The summed E-state index contributed by atoms with van der Waals surface area (Å²) in [5, 5.41) is 10.2. The zero-order valence-corrected chi connectivity index (χ0v) is 24.3. The van der Waals surface area contributed by atoms with Crippen molar-refractivity contribution in [1.82, 2.24) is 14.5 Å². The Morgan fingerprint density at radius 1 is 1.22 bits per heavy atom. The molecule has 1 N–H and O–H groups in total. The van der Waals surface area contributed by atoms with E-state index in [1.807, 2.05) is 6.92 Å². The Kier molecular flexibility index (Phi) is 10.7. The first-order chi connectivity index (χ1) is 19.3. The summed E-state index contributed by atoms with van der Waals surface area (Å²) < 4.78 is 39.7. The van der Waals surface area contributed by atoms with Gasteiger partial charge in [0.2, 0.25) is 0 Å². The highest BCUT2D eigenvalue weighted by molar-refractivity contribution is 6.42. The minimum Gasteiger partial charge on any atom is -0.485 e. The van der Waals surface area contributed by atoms with Crippen molar-refractivity contribution in [3.63, 3.8) is 0 Å². The Morgan fingerprint density at radius 2 is 1.95 bits per heavy atom. The molecular formula is C30H32ClF2N3O5. The van der Waals surface area contributed by atoms with Gasteiger partial charge >= 0.3 is 0 Å². The number of rotatable bonds is 12. The van der Waals surface area contributed by atoms with E-state index in [0.717, 1.165) is 17.3 Å². The average molecular weight is 588 g/mol. The van der Waals surface area contributed by atoms with Gasteiger partial charge in [-0.25, -0.2) is 13.8 Å². The quantitative estimate of drug-likeness (QED) is 0.176. The van der Waals surface area contributed by atoms with Crippen molar-refractivity contribution in [2.45, 2.75) is 52.7 Å². The molecule has 0 aliphatic heterocycles. The number of allylic oxidation sites excluding steroid dienone is 2. The summed E-state index contributed by atoms with van der Waals surface area (Å²) in [6.45, 7) is 6.05. The summed E-state index contributed by atoms with van der Waals surface area (Å²) in [7, 11) is 1.51. The molecule has 0 unspecified atom stereocenters. The molecule has 0 aliphatic carbocycles. The minimum absolute atomic E-state index is 0.00105. The zero-order valence-electron chi connectivity index (χ0n) is 23.5. The number of pyridine rings is 3. The number of nitrogens with zero attached hydrogens (tertiary/aromatic N) is 3. The maximum Gasteiger partial charge on any atom is 0.262 e. The summed E-state index contributed by atoms with van der Waals surface area (Å²) in [6.07, 6.45) is 6.64. The van der Waals surface area contributed by atoms with Gasteiger partial charge in [-0.15, -0.1) is 0 Å². The number of aliphatic hydroxyl groups is 1. The van der Waals surface area contributed by atoms with Gasteiger partial charge in [-0.3, -0.25) is 19.1 Å². The van der Waals surface area contributed by atoms with E-state index in [-0.39, 0.29) is 40.8 Å². The van der Waals surface area contributed by atoms with E-state index in [1.165, 1.54) is 18.6 Å². The zero-order chi connectivity index (χ0) is 30.3. The number of aryl methyl sites for hydroxylation is 2. The minimum atomic E-state index is -1.32. The second-order valence-electron chi connectivity index (χ2n) is 9.97. The molecule has 3 rings (SSSR count). The second kappa shape index (κ2) is 13.8. The van der Waals surface area contributed by atoms with E-state index in [4.69, 9.17) is 21.1 Å². The molecule has 0 saturated heterocycles. The Labute approximate surface area is 241 Å². The molecule has 11 heteroatoms. The molecule has 0 aliphatic rings. The highest BCUT2D eigenvalue weighted by atomic mass is 35.5. The summed E-state index contributed by atoms with van der Waals surface area (Å²) in [5.41, 5.74) is 0.909. The lowest BCUT2D eigenvalue weighted by atomic mass is 10.00. The summed E-state index contributed by atoms with van der Waals surface area (Å²) >= 11 is 6.23. The van der Waals surface area contributed by atoms with Crippen LogP contribution >= 0.6 is 11.6 Å². The van der Waals surface area contributed by atoms with Crippen LogP contribution in [0.2, 0.25) is 0 Å². The van der Waals surface area contributed by atoms with Crippen LogP contribution in [-0.2, 0) is 32.9 Å². The third-order valence-corrected chi connectivity index (χ3v) is 6.66. The lowest BCUT2D eigenvalue weighted by molar-refractivity contribution is -0.113. The van der Waals surface area contributed by atoms with E-state index in [2.05, 4.69) is 9.97 Å². The fraction of sp³-hybridized carbons (Fsp3) is 0.333. The Bertz CT molecular complexity index is 1540. The van der Waals surface area contributed by atoms with Gasteiger partial charge in [0.1, 0.15) is 34.7 Å². The van der Waals surface area contributed by atoms with Crippen molar-refractivity contribution >= 4 is 17.4 Å². The molecule has 0 saturated carbocycles. The van der Waals surface area contributed by atoms with Gasteiger partial charge in [0.25, 0.3) is 5.56 Å². The fourth-order valence-corrected chi connectivity index (χ4v) is 4.09. The van der Waals surface area contributed by atoms with E-state index < -0.39 is 23.0 Å². The summed E-state index contributed by atoms with van der Waals surface area (Å²) in [4.78, 5) is 33.2. The topological polar surface area (TPSA) is 104 Å². The van der Waals surface area contributed by atoms with Crippen LogP contribution in [0, 0.1) is 18.6 Å². The van der Waals surface area contributed by atoms with Crippen molar-refractivity contribution < 1.29 is 28.2 Å². The number of hydrogen-bond acceptors (Lipinski definition) is 7. The molecule has 0 atom stereocenters. The largest absolute Gasteiger partial charge is 0.485 e. The van der Waals surface area contributed by atoms with Crippen LogP contribution in [0.25, 0.3) is 5.82 Å². The molecule has 3 heterocycles. The van der Waals surface area contributed by atoms with Gasteiger partial charge in [0.05, 0.1) is 18.4 Å². The molecule has 41 heavy (non-hydrogen) atoms. The molecule has 218 valence electrons. The van der Waals surface area contributed by atoms with Gasteiger partial charge in [0, 0.05) is 38.1 Å². The number of carbonyl (C=O) groups excluding carboxylic acids is 1. The molecule has 0 amide bonds. The lowest BCUT2D eigenvalue weighted by Crippen LogP contribution is -2.31. The first-order valence-electron chi connectivity index (χ1n) is 12.7. The molecule has 0 aromatic carbocycles. The van der Waals surface area contributed by atoms with Crippen LogP contribution in [0.5, 0.6) is 0 Å². The molecule has 0 radical (unpaired) electrons. The normalized spacial score (nSPS) is 12.8. The number of aromatic nitrogens is 3. The van der Waals surface area contributed by atoms with Crippen LogP contribution in [0.15, 0.2) is 70.1 Å². The summed E-state index contributed by atoms with van der Waals surface area (Å²) in [6, 6.07) is 5.74. The highest BCUT2D eigenvalue weighted by Gasteiger charge is 2.21. The van der Waals surface area contributed by atoms with Crippen LogP contribution in [0.3, 0.4) is 0 Å². The van der Waals surface area contributed by atoms with E-state index in [1.54, 1.807) is 50.5 Å². The Hall–Kier alpha value is -3.73. The van der Waals surface area contributed by atoms with Gasteiger partial charge < -0.3 is 14.6 Å². The third kappa shape index (κ3) is 8.39. The second-order valence-corrected chi connectivity index (χ2v) is 10.3. The van der Waals surface area contributed by atoms with Crippen molar-refractivity contribution in [2.75, 3.05) is 13.7 Å². The van der Waals surface area contributed by atoms with Crippen molar-refractivity contribution in [2.24, 2.45) is 0 Å². The van der Waals surface area contributed by atoms with Crippen molar-refractivity contribution in [3.05, 3.63) is 110 Å². The maximum atomic E-state index is 14.1. The Balaban J connectivity index is 1.89. The smallest absolute Gasteiger partial charge is 0.262 e. The molecule has 3 aromatic rings. The van der Waals surface area contributed by atoms with Crippen molar-refractivity contribution in [3.8, 4) is 5.82 Å². The molecule has 3 aromatic heterocycles. The SMILES string of the molecule is COC/C(=C/C(OCc1ncc(F)cc1F)=C(/Cl)C(C)=O)CCc1cc(-n2cccc(C(C)(C)O)c2=O)ncc1C. The van der Waals surface area contributed by atoms with Crippen LogP contribution in [0.4, 0.5) is 8.78 Å². The predicted molar refractivity (Wildman–Crippen MR) is 151 cm³/mol. The van der Waals surface area contributed by atoms with E-state index >= 15 is 0 Å². The predicted octanol–water partition coefficient (Wildman–Crippen LogP) is 5.20. The lowest BCUT2D eigenvalue weighted by Gasteiger charge is -2.18. The highest BCUT2D eigenvalue weighted by Crippen LogP contribution is 2.22. The number of halogens is 3. The monoisotopic (exact) mass is 587 g/mol. The van der Waals surface area contributed by atoms with Gasteiger partial charge in [-0.1, -0.05) is 11.6 Å². The molecular weight excluding hydrogens is 556 g/mol. The maximum absolute atomic E-state index is 14.1.